The number of nitrogens with one attached hydrogen (secondary N) is 2. The minimum atomic E-state index is -0.367. The van der Waals surface area contributed by atoms with Crippen molar-refractivity contribution < 1.29 is 9.47 Å². The van der Waals surface area contributed by atoms with Gasteiger partial charge in [0.1, 0.15) is 5.82 Å². The molecule has 0 aliphatic heterocycles. The summed E-state index contributed by atoms with van der Waals surface area (Å²) < 4.78 is 11.4. The van der Waals surface area contributed by atoms with Gasteiger partial charge in [-0.2, -0.15) is 9.61 Å². The van der Waals surface area contributed by atoms with Gasteiger partial charge in [0.15, 0.2) is 5.65 Å². The van der Waals surface area contributed by atoms with E-state index in [1.165, 1.54) is 4.52 Å². The molecule has 1 atom stereocenters. The fourth-order valence-electron chi connectivity index (χ4n) is 1.51. The zero-order valence-corrected chi connectivity index (χ0v) is 10.2. The van der Waals surface area contributed by atoms with Crippen LogP contribution in [0.3, 0.4) is 0 Å². The Morgan fingerprint density at radius 3 is 3.06 bits per heavy atom. The van der Waals surface area contributed by atoms with Crippen LogP contribution in [0.4, 0.5) is 5.82 Å². The molecule has 2 rings (SSSR count). The largest absolute Gasteiger partial charge is 0.382 e. The first-order valence-corrected chi connectivity index (χ1v) is 5.44. The minimum absolute atomic E-state index is 0.0754. The maximum absolute atomic E-state index is 11.3. The molecule has 2 aromatic rings. The lowest BCUT2D eigenvalue weighted by Crippen LogP contribution is -2.27. The zero-order chi connectivity index (χ0) is 13.0. The highest BCUT2D eigenvalue weighted by molar-refractivity contribution is 5.42. The van der Waals surface area contributed by atoms with Crippen molar-refractivity contribution in [3.63, 3.8) is 0 Å². The van der Waals surface area contributed by atoms with E-state index in [9.17, 15) is 4.79 Å². The molecule has 98 valence electrons. The number of hydrogen-bond acceptors (Lipinski definition) is 6. The number of aromatic nitrogens is 4. The summed E-state index contributed by atoms with van der Waals surface area (Å²) in [6.45, 7) is 1.02. The van der Waals surface area contributed by atoms with Gasteiger partial charge in [0.05, 0.1) is 12.7 Å². The molecule has 0 bridgehead atoms. The maximum atomic E-state index is 11.3. The van der Waals surface area contributed by atoms with Gasteiger partial charge < -0.3 is 14.8 Å². The molecular formula is C10H15N5O3. The van der Waals surface area contributed by atoms with Crippen LogP contribution in [0.15, 0.2) is 16.9 Å². The lowest BCUT2D eigenvalue weighted by atomic mass is 10.3. The molecule has 0 aliphatic carbocycles. The smallest absolute Gasteiger partial charge is 0.364 e. The van der Waals surface area contributed by atoms with Gasteiger partial charge in [-0.05, 0) is 12.1 Å². The number of hydrogen-bond donors (Lipinski definition) is 2. The molecule has 0 spiro atoms. The van der Waals surface area contributed by atoms with Gasteiger partial charge in [-0.25, -0.2) is 9.89 Å². The third kappa shape index (κ3) is 2.66. The Kier molecular flexibility index (Phi) is 3.90. The van der Waals surface area contributed by atoms with Crippen molar-refractivity contribution in [1.29, 1.82) is 0 Å². The predicted octanol–water partition coefficient (Wildman–Crippen LogP) is -0.509. The van der Waals surface area contributed by atoms with Crippen LogP contribution in [0.25, 0.3) is 5.65 Å². The summed E-state index contributed by atoms with van der Waals surface area (Å²) in [6.07, 6.45) is -0.0754. The van der Waals surface area contributed by atoms with Crippen LogP contribution in [0, 0.1) is 0 Å². The third-order valence-corrected chi connectivity index (χ3v) is 2.47. The molecule has 2 aromatic heterocycles. The van der Waals surface area contributed by atoms with Crippen LogP contribution >= 0.6 is 0 Å². The highest BCUT2D eigenvalue weighted by Gasteiger charge is 2.08. The Hall–Kier alpha value is -1.93. The number of ether oxygens (including phenoxy) is 2. The Balaban J connectivity index is 2.07. The number of methoxy groups -OCH3 is 2. The predicted molar refractivity (Wildman–Crippen MR) is 64.8 cm³/mol. The van der Waals surface area contributed by atoms with Crippen LogP contribution in [0.2, 0.25) is 0 Å². The quantitative estimate of drug-likeness (QED) is 0.720. The Morgan fingerprint density at radius 1 is 1.50 bits per heavy atom. The van der Waals surface area contributed by atoms with E-state index in [-0.39, 0.29) is 11.8 Å². The lowest BCUT2D eigenvalue weighted by molar-refractivity contribution is 0.0365. The van der Waals surface area contributed by atoms with E-state index < -0.39 is 0 Å². The molecule has 0 saturated heterocycles. The standard InChI is InChI=1S/C10H15N5O3/c1-17-6-7(18-2)5-11-8-3-4-9-12-13-10(16)15(9)14-8/h3-4,7H,5-6H2,1-2H3,(H,11,14)(H,13,16). The van der Waals surface area contributed by atoms with Crippen molar-refractivity contribution in [2.24, 2.45) is 0 Å². The molecule has 1 unspecified atom stereocenters. The lowest BCUT2D eigenvalue weighted by Gasteiger charge is -2.15. The third-order valence-electron chi connectivity index (χ3n) is 2.47. The molecule has 0 aliphatic rings. The number of H-pyrrole nitrogens is 1. The van der Waals surface area contributed by atoms with Gasteiger partial charge in [-0.1, -0.05) is 0 Å². The van der Waals surface area contributed by atoms with Crippen LogP contribution in [0.5, 0.6) is 0 Å². The molecule has 0 fully saturated rings. The highest BCUT2D eigenvalue weighted by atomic mass is 16.5. The summed E-state index contributed by atoms with van der Waals surface area (Å²) in [6, 6.07) is 3.44. The summed E-state index contributed by atoms with van der Waals surface area (Å²) in [5.74, 6) is 0.573. The monoisotopic (exact) mass is 253 g/mol. The van der Waals surface area contributed by atoms with E-state index in [1.807, 2.05) is 0 Å². The fourth-order valence-corrected chi connectivity index (χ4v) is 1.51. The summed E-state index contributed by atoms with van der Waals surface area (Å²) in [4.78, 5) is 11.3. The van der Waals surface area contributed by atoms with Crippen molar-refractivity contribution in [1.82, 2.24) is 19.8 Å². The summed E-state index contributed by atoms with van der Waals surface area (Å²) in [7, 11) is 3.23. The van der Waals surface area contributed by atoms with Gasteiger partial charge >= 0.3 is 5.69 Å². The molecular weight excluding hydrogens is 238 g/mol. The Bertz CT molecular complexity index is 564. The number of fused-ring (bicyclic) bond motifs is 1. The normalized spacial score (nSPS) is 12.8. The summed E-state index contributed by atoms with van der Waals surface area (Å²) in [5.41, 5.74) is 0.111. The van der Waals surface area contributed by atoms with E-state index in [2.05, 4.69) is 20.6 Å². The first-order chi connectivity index (χ1) is 8.74. The van der Waals surface area contributed by atoms with Gasteiger partial charge in [0.25, 0.3) is 0 Å². The topological polar surface area (TPSA) is 93.5 Å². The number of anilines is 1. The average molecular weight is 253 g/mol. The fraction of sp³-hybridized carbons (Fsp3) is 0.500. The summed E-state index contributed by atoms with van der Waals surface area (Å²) in [5, 5.41) is 13.3. The molecule has 2 N–H and O–H groups in total. The van der Waals surface area contributed by atoms with Crippen molar-refractivity contribution in [3.05, 3.63) is 22.6 Å². The minimum Gasteiger partial charge on any atom is -0.382 e. The van der Waals surface area contributed by atoms with E-state index in [1.54, 1.807) is 26.4 Å². The van der Waals surface area contributed by atoms with Crippen LogP contribution in [-0.2, 0) is 9.47 Å². The second kappa shape index (κ2) is 5.61. The zero-order valence-electron chi connectivity index (χ0n) is 10.2. The number of aromatic amines is 1. The molecule has 0 amide bonds. The molecule has 0 aromatic carbocycles. The molecule has 0 saturated carbocycles. The maximum Gasteiger partial charge on any atom is 0.364 e. The van der Waals surface area contributed by atoms with Crippen molar-refractivity contribution in [2.75, 3.05) is 32.7 Å². The van der Waals surface area contributed by atoms with Gasteiger partial charge in [0, 0.05) is 20.8 Å². The van der Waals surface area contributed by atoms with E-state index in [4.69, 9.17) is 9.47 Å². The Morgan fingerprint density at radius 2 is 2.33 bits per heavy atom. The SMILES string of the molecule is COCC(CNc1ccc2n[nH]c(=O)n2n1)OC. The number of nitrogens with zero attached hydrogens (tertiary/aromatic N) is 3. The van der Waals surface area contributed by atoms with Crippen LogP contribution < -0.4 is 11.0 Å². The van der Waals surface area contributed by atoms with Crippen LogP contribution in [-0.4, -0.2) is 53.3 Å². The van der Waals surface area contributed by atoms with Crippen molar-refractivity contribution in [2.45, 2.75) is 6.10 Å². The second-order valence-electron chi connectivity index (χ2n) is 3.71. The molecule has 8 nitrogen and oxygen atoms in total. The van der Waals surface area contributed by atoms with Crippen molar-refractivity contribution >= 4 is 11.5 Å². The first-order valence-electron chi connectivity index (χ1n) is 5.44. The molecule has 2 heterocycles. The van der Waals surface area contributed by atoms with Gasteiger partial charge in [-0.15, -0.1) is 5.10 Å². The Labute approximate surface area is 103 Å². The van der Waals surface area contributed by atoms with Gasteiger partial charge in [0.2, 0.25) is 0 Å². The summed E-state index contributed by atoms with van der Waals surface area (Å²) >= 11 is 0. The van der Waals surface area contributed by atoms with E-state index >= 15 is 0 Å². The molecule has 18 heavy (non-hydrogen) atoms. The second-order valence-corrected chi connectivity index (χ2v) is 3.71. The average Bonchev–Trinajstić information content (AvgIpc) is 2.76. The van der Waals surface area contributed by atoms with E-state index in [0.717, 1.165) is 0 Å². The molecule has 8 heteroatoms. The first kappa shape index (κ1) is 12.5. The van der Waals surface area contributed by atoms with Crippen LogP contribution in [0.1, 0.15) is 0 Å². The molecule has 0 radical (unpaired) electrons. The van der Waals surface area contributed by atoms with Gasteiger partial charge in [-0.3, -0.25) is 0 Å². The number of rotatable bonds is 6. The highest BCUT2D eigenvalue weighted by Crippen LogP contribution is 2.03. The van der Waals surface area contributed by atoms with Crippen molar-refractivity contribution in [3.8, 4) is 0 Å². The van der Waals surface area contributed by atoms with E-state index in [0.29, 0.717) is 24.6 Å².